The molecule has 0 saturated heterocycles. The molecule has 2 amide bonds. The average molecular weight is 496 g/mol. The van der Waals surface area contributed by atoms with E-state index < -0.39 is 10.7 Å². The van der Waals surface area contributed by atoms with E-state index in [-0.39, 0.29) is 12.1 Å². The average Bonchev–Trinajstić information content (AvgIpc) is 3.16. The number of thioether (sulfide) groups is 1. The zero-order chi connectivity index (χ0) is 23.3. The molecule has 1 saturated carbocycles. The summed E-state index contributed by atoms with van der Waals surface area (Å²) in [5.41, 5.74) is 1.14. The van der Waals surface area contributed by atoms with E-state index in [0.29, 0.717) is 22.6 Å². The molecule has 0 spiro atoms. The highest BCUT2D eigenvalue weighted by Gasteiger charge is 2.30. The van der Waals surface area contributed by atoms with Crippen LogP contribution < -0.4 is 5.32 Å². The Bertz CT molecular complexity index is 925. The van der Waals surface area contributed by atoms with Crippen LogP contribution in [0.15, 0.2) is 34.7 Å². The van der Waals surface area contributed by atoms with Crippen molar-refractivity contribution in [2.24, 2.45) is 5.92 Å². The number of anilines is 1. The summed E-state index contributed by atoms with van der Waals surface area (Å²) in [5.74, 6) is -0.190. The number of rotatable bonds is 8. The van der Waals surface area contributed by atoms with E-state index in [1.165, 1.54) is 23.1 Å². The van der Waals surface area contributed by atoms with Crippen molar-refractivity contribution in [2.45, 2.75) is 67.9 Å². The Balaban J connectivity index is 1.67. The molecule has 1 aliphatic rings. The number of benzene rings is 1. The fraction of sp³-hybridized carbons (Fsp3) is 0.522. The van der Waals surface area contributed by atoms with E-state index in [4.69, 9.17) is 11.6 Å². The van der Waals surface area contributed by atoms with Crippen LogP contribution in [0.1, 0.15) is 52.0 Å². The maximum atomic E-state index is 13.2. The van der Waals surface area contributed by atoms with Gasteiger partial charge in [-0.3, -0.25) is 10.1 Å². The van der Waals surface area contributed by atoms with Crippen LogP contribution in [0.4, 0.5) is 9.93 Å². The van der Waals surface area contributed by atoms with Gasteiger partial charge in [-0.1, -0.05) is 53.8 Å². The Morgan fingerprint density at radius 1 is 1.25 bits per heavy atom. The van der Waals surface area contributed by atoms with Gasteiger partial charge in [0.25, 0.3) is 0 Å². The van der Waals surface area contributed by atoms with Gasteiger partial charge in [-0.2, -0.15) is 0 Å². The highest BCUT2D eigenvalue weighted by atomic mass is 35.5. The minimum Gasteiger partial charge on any atom is -0.480 e. The molecule has 0 aliphatic heterocycles. The number of carbonyl (C=O) groups is 2. The molecule has 6 nitrogen and oxygen atoms in total. The second kappa shape index (κ2) is 10.9. The molecular weight excluding hydrogens is 466 g/mol. The van der Waals surface area contributed by atoms with Crippen molar-refractivity contribution >= 4 is 51.8 Å². The highest BCUT2D eigenvalue weighted by molar-refractivity contribution is 8.03. The lowest BCUT2D eigenvalue weighted by molar-refractivity contribution is -0.138. The summed E-state index contributed by atoms with van der Waals surface area (Å²) in [7, 11) is 0. The van der Waals surface area contributed by atoms with Crippen molar-refractivity contribution < 1.29 is 14.7 Å². The minimum absolute atomic E-state index is 0.151. The van der Waals surface area contributed by atoms with Crippen LogP contribution in [0.2, 0.25) is 5.02 Å². The molecule has 1 aromatic carbocycles. The number of aromatic nitrogens is 1. The van der Waals surface area contributed by atoms with Crippen LogP contribution in [0.3, 0.4) is 0 Å². The van der Waals surface area contributed by atoms with Crippen LogP contribution in [0.5, 0.6) is 0 Å². The molecule has 0 bridgehead atoms. The number of nitrogens with zero attached hydrogens (tertiary/aromatic N) is 2. The van der Waals surface area contributed by atoms with Crippen molar-refractivity contribution in [3.05, 3.63) is 41.0 Å². The maximum Gasteiger partial charge on any atom is 0.323 e. The van der Waals surface area contributed by atoms with E-state index >= 15 is 0 Å². The van der Waals surface area contributed by atoms with Crippen LogP contribution in [-0.2, 0) is 11.2 Å². The quantitative estimate of drug-likeness (QED) is 0.413. The van der Waals surface area contributed by atoms with Gasteiger partial charge < -0.3 is 10.0 Å². The lowest BCUT2D eigenvalue weighted by atomic mass is 9.86. The topological polar surface area (TPSA) is 82.5 Å². The van der Waals surface area contributed by atoms with E-state index in [1.54, 1.807) is 20.0 Å². The predicted octanol–water partition coefficient (Wildman–Crippen LogP) is 6.41. The zero-order valence-electron chi connectivity index (χ0n) is 18.6. The molecule has 9 heteroatoms. The van der Waals surface area contributed by atoms with E-state index in [0.717, 1.165) is 41.9 Å². The van der Waals surface area contributed by atoms with Crippen molar-refractivity contribution in [3.63, 3.8) is 0 Å². The van der Waals surface area contributed by atoms with Gasteiger partial charge in [0.2, 0.25) is 0 Å². The smallest absolute Gasteiger partial charge is 0.323 e. The number of thiazole rings is 1. The lowest BCUT2D eigenvalue weighted by Crippen LogP contribution is -2.45. The van der Waals surface area contributed by atoms with Crippen molar-refractivity contribution in [2.75, 3.05) is 11.9 Å². The van der Waals surface area contributed by atoms with Gasteiger partial charge in [-0.25, -0.2) is 9.78 Å². The molecule has 32 heavy (non-hydrogen) atoms. The molecule has 3 rings (SSSR count). The molecule has 2 N–H and O–H groups in total. The number of hydrogen-bond donors (Lipinski definition) is 2. The Hall–Kier alpha value is -1.77. The fourth-order valence-electron chi connectivity index (χ4n) is 3.73. The van der Waals surface area contributed by atoms with Crippen molar-refractivity contribution in [1.82, 2.24) is 9.88 Å². The second-order valence-electron chi connectivity index (χ2n) is 8.82. The van der Waals surface area contributed by atoms with Crippen LogP contribution >= 0.6 is 34.7 Å². The number of urea groups is 1. The molecule has 1 aromatic heterocycles. The van der Waals surface area contributed by atoms with Gasteiger partial charge in [0.15, 0.2) is 5.13 Å². The normalized spacial score (nSPS) is 18.9. The third kappa shape index (κ3) is 6.86. The molecule has 2 aromatic rings. The third-order valence-electron chi connectivity index (χ3n) is 5.81. The molecular formula is C23H30ClN3O3S2. The zero-order valence-corrected chi connectivity index (χ0v) is 21.0. The summed E-state index contributed by atoms with van der Waals surface area (Å²) in [6.07, 6.45) is 6.62. The highest BCUT2D eigenvalue weighted by Crippen LogP contribution is 2.37. The number of carboxylic acid groups (broad SMARTS) is 1. The van der Waals surface area contributed by atoms with Crippen molar-refractivity contribution in [1.29, 1.82) is 0 Å². The molecule has 0 atom stereocenters. The standard InChI is InChI=1S/C23H30ClN3O3S2/c1-15-4-10-18(11-5-15)27(13-12-16-6-8-17(24)9-7-16)22(30)26-21-25-14-19(31-21)32-23(2,3)20(28)29/h6-9,14-15,18H,4-5,10-13H2,1-3H3,(H,28,29)(H,25,26,30). The first-order chi connectivity index (χ1) is 15.1. The SMILES string of the molecule is CC1CCC(N(CCc2ccc(Cl)cc2)C(=O)Nc2ncc(SC(C)(C)C(=O)O)s2)CC1. The Morgan fingerprint density at radius 3 is 2.53 bits per heavy atom. The number of halogens is 1. The molecule has 0 radical (unpaired) electrons. The summed E-state index contributed by atoms with van der Waals surface area (Å²) in [6.45, 7) is 6.19. The van der Waals surface area contributed by atoms with Gasteiger partial charge in [-0.15, -0.1) is 0 Å². The number of aliphatic carboxylic acids is 1. The predicted molar refractivity (Wildman–Crippen MR) is 132 cm³/mol. The molecule has 1 aliphatic carbocycles. The van der Waals surface area contributed by atoms with E-state index in [9.17, 15) is 14.7 Å². The molecule has 1 heterocycles. The number of carboxylic acids is 1. The lowest BCUT2D eigenvalue weighted by Gasteiger charge is -2.36. The Labute approximate surface area is 202 Å². The van der Waals surface area contributed by atoms with Gasteiger partial charge in [-0.05, 0) is 69.6 Å². The Kier molecular flexibility index (Phi) is 8.47. The third-order valence-corrected chi connectivity index (χ3v) is 8.26. The monoisotopic (exact) mass is 495 g/mol. The molecule has 0 unspecified atom stereocenters. The first-order valence-electron chi connectivity index (χ1n) is 10.8. The first-order valence-corrected chi connectivity index (χ1v) is 12.9. The van der Waals surface area contributed by atoms with Gasteiger partial charge >= 0.3 is 12.0 Å². The summed E-state index contributed by atoms with van der Waals surface area (Å²) >= 11 is 8.52. The van der Waals surface area contributed by atoms with E-state index in [2.05, 4.69) is 17.2 Å². The van der Waals surface area contributed by atoms with Gasteiger partial charge in [0, 0.05) is 17.6 Å². The fourth-order valence-corrected chi connectivity index (χ4v) is 6.12. The number of hydrogen-bond acceptors (Lipinski definition) is 5. The number of carbonyl (C=O) groups excluding carboxylic acids is 1. The summed E-state index contributed by atoms with van der Waals surface area (Å²) in [6, 6.07) is 7.79. The summed E-state index contributed by atoms with van der Waals surface area (Å²) < 4.78 is -0.205. The number of nitrogens with one attached hydrogen (secondary N) is 1. The maximum absolute atomic E-state index is 13.2. The molecule has 174 valence electrons. The van der Waals surface area contributed by atoms with Crippen LogP contribution in [0, 0.1) is 5.92 Å². The largest absolute Gasteiger partial charge is 0.480 e. The van der Waals surface area contributed by atoms with Crippen molar-refractivity contribution in [3.8, 4) is 0 Å². The van der Waals surface area contributed by atoms with E-state index in [1.807, 2.05) is 29.2 Å². The van der Waals surface area contributed by atoms with Gasteiger partial charge in [0.05, 0.1) is 10.4 Å². The first kappa shape index (κ1) is 24.9. The van der Waals surface area contributed by atoms with Gasteiger partial charge in [0.1, 0.15) is 4.75 Å². The number of amides is 2. The summed E-state index contributed by atoms with van der Waals surface area (Å²) in [5, 5.41) is 13.5. The Morgan fingerprint density at radius 2 is 1.91 bits per heavy atom. The molecule has 1 fully saturated rings. The summed E-state index contributed by atoms with van der Waals surface area (Å²) in [4.78, 5) is 30.9. The van der Waals surface area contributed by atoms with Crippen LogP contribution in [-0.4, -0.2) is 44.3 Å². The second-order valence-corrected chi connectivity index (χ2v) is 12.2. The van der Waals surface area contributed by atoms with Crippen LogP contribution in [0.25, 0.3) is 0 Å². The minimum atomic E-state index is -0.961.